The van der Waals surface area contributed by atoms with Crippen molar-refractivity contribution in [1.29, 1.82) is 0 Å². The van der Waals surface area contributed by atoms with Gasteiger partial charge in [-0.05, 0) is 36.8 Å². The molecule has 0 atom stereocenters. The molecule has 1 aromatic carbocycles. The predicted molar refractivity (Wildman–Crippen MR) is 80.0 cm³/mol. The first-order valence-electron chi connectivity index (χ1n) is 5.94. The number of hydrogen-bond donors (Lipinski definition) is 1. The van der Waals surface area contributed by atoms with E-state index < -0.39 is 5.82 Å². The van der Waals surface area contributed by atoms with Gasteiger partial charge < -0.3 is 10.5 Å². The number of nitrogens with zero attached hydrogens (tertiary/aromatic N) is 1. The molecule has 2 N–H and O–H groups in total. The van der Waals surface area contributed by atoms with Gasteiger partial charge in [-0.3, -0.25) is 0 Å². The third kappa shape index (κ3) is 3.14. The molecule has 0 spiro atoms. The Morgan fingerprint density at radius 3 is 2.75 bits per heavy atom. The number of aryl methyl sites for hydroxylation is 1. The highest BCUT2D eigenvalue weighted by Gasteiger charge is 2.13. The fourth-order valence-electron chi connectivity index (χ4n) is 1.85. The van der Waals surface area contributed by atoms with Gasteiger partial charge in [-0.2, -0.15) is 0 Å². The second kappa shape index (κ2) is 6.29. The molecular weight excluding hydrogens is 302 g/mol. The van der Waals surface area contributed by atoms with Gasteiger partial charge in [0.2, 0.25) is 0 Å². The second-order valence-corrected chi connectivity index (χ2v) is 5.01. The number of halogens is 3. The van der Waals surface area contributed by atoms with Crippen molar-refractivity contribution in [3.63, 3.8) is 0 Å². The first-order chi connectivity index (χ1) is 9.52. The first-order valence-corrected chi connectivity index (χ1v) is 6.85. The molecule has 0 unspecified atom stereocenters. The average Bonchev–Trinajstić information content (AvgIpc) is 2.40. The van der Waals surface area contributed by atoms with Crippen molar-refractivity contribution >= 4 is 29.0 Å². The van der Waals surface area contributed by atoms with Crippen LogP contribution in [-0.2, 0) is 0 Å². The van der Waals surface area contributed by atoms with Gasteiger partial charge in [0.25, 0.3) is 0 Å². The molecule has 2 rings (SSSR count). The summed E-state index contributed by atoms with van der Waals surface area (Å²) in [5.74, 6) is 0.611. The molecule has 0 aliphatic carbocycles. The minimum Gasteiger partial charge on any atom is -0.488 e. The van der Waals surface area contributed by atoms with E-state index in [1.807, 2.05) is 6.92 Å². The van der Waals surface area contributed by atoms with Crippen molar-refractivity contribution in [2.24, 2.45) is 0 Å². The van der Waals surface area contributed by atoms with Crippen LogP contribution in [0.4, 0.5) is 10.2 Å². The summed E-state index contributed by atoms with van der Waals surface area (Å²) in [6.45, 7) is 2.15. The Balaban J connectivity index is 2.46. The number of anilines is 1. The Morgan fingerprint density at radius 2 is 2.10 bits per heavy atom. The van der Waals surface area contributed by atoms with Crippen LogP contribution in [0.15, 0.2) is 24.3 Å². The molecule has 0 fully saturated rings. The Labute approximate surface area is 126 Å². The van der Waals surface area contributed by atoms with Gasteiger partial charge in [0.05, 0.1) is 11.6 Å². The normalized spacial score (nSPS) is 10.6. The molecule has 0 amide bonds. The largest absolute Gasteiger partial charge is 0.488 e. The Bertz CT molecular complexity index is 612. The first kappa shape index (κ1) is 14.9. The highest BCUT2D eigenvalue weighted by molar-refractivity contribution is 6.30. The molecule has 0 saturated heterocycles. The molecule has 0 saturated carbocycles. The molecule has 1 aromatic heterocycles. The zero-order chi connectivity index (χ0) is 14.7. The van der Waals surface area contributed by atoms with Crippen LogP contribution in [0, 0.1) is 12.7 Å². The minimum atomic E-state index is -0.407. The maximum atomic E-state index is 13.8. The molecule has 6 heteroatoms. The quantitative estimate of drug-likeness (QED) is 0.866. The van der Waals surface area contributed by atoms with Crippen molar-refractivity contribution in [3.05, 3.63) is 40.7 Å². The predicted octanol–water partition coefficient (Wildman–Crippen LogP) is 4.05. The lowest BCUT2D eigenvalue weighted by atomic mass is 10.1. The zero-order valence-corrected chi connectivity index (χ0v) is 12.3. The van der Waals surface area contributed by atoms with E-state index in [0.717, 1.165) is 5.56 Å². The summed E-state index contributed by atoms with van der Waals surface area (Å²) in [5.41, 5.74) is 7.33. The minimum absolute atomic E-state index is 0.199. The van der Waals surface area contributed by atoms with Crippen LogP contribution < -0.4 is 10.5 Å². The lowest BCUT2D eigenvalue weighted by molar-refractivity contribution is 0.341. The number of benzene rings is 1. The van der Waals surface area contributed by atoms with E-state index in [4.69, 9.17) is 33.7 Å². The molecule has 20 heavy (non-hydrogen) atoms. The van der Waals surface area contributed by atoms with Crippen molar-refractivity contribution in [2.45, 2.75) is 6.92 Å². The van der Waals surface area contributed by atoms with Crippen molar-refractivity contribution < 1.29 is 9.13 Å². The molecule has 106 valence electrons. The fraction of sp³-hybridized carbons (Fsp3) is 0.214. The third-order valence-corrected chi connectivity index (χ3v) is 3.10. The van der Waals surface area contributed by atoms with E-state index in [-0.39, 0.29) is 5.82 Å². The van der Waals surface area contributed by atoms with Crippen LogP contribution in [0.5, 0.6) is 5.75 Å². The Morgan fingerprint density at radius 1 is 1.35 bits per heavy atom. The smallest absolute Gasteiger partial charge is 0.167 e. The Hall–Kier alpha value is -1.52. The van der Waals surface area contributed by atoms with Crippen molar-refractivity contribution in [1.82, 2.24) is 4.98 Å². The molecule has 0 aliphatic heterocycles. The third-order valence-electron chi connectivity index (χ3n) is 2.71. The maximum absolute atomic E-state index is 13.8. The summed E-state index contributed by atoms with van der Waals surface area (Å²) < 4.78 is 19.3. The Kier molecular flexibility index (Phi) is 4.68. The molecule has 0 radical (unpaired) electrons. The van der Waals surface area contributed by atoms with E-state index in [2.05, 4.69) is 4.98 Å². The molecule has 2 aromatic rings. The lowest BCUT2D eigenvalue weighted by Gasteiger charge is -2.12. The van der Waals surface area contributed by atoms with Gasteiger partial charge in [-0.1, -0.05) is 11.6 Å². The monoisotopic (exact) mass is 314 g/mol. The summed E-state index contributed by atoms with van der Waals surface area (Å²) >= 11 is 11.5. The van der Waals surface area contributed by atoms with Gasteiger partial charge in [-0.25, -0.2) is 9.37 Å². The van der Waals surface area contributed by atoms with Crippen LogP contribution in [0.25, 0.3) is 11.3 Å². The number of rotatable bonds is 4. The standard InChI is InChI=1S/C14H13Cl2FN2O/c1-8-6-12(10-7-9(16)2-3-11(10)17)19-14(18)13(8)20-5-4-15/h2-3,6-7H,4-5H2,1H3,(H2,18,19). The average molecular weight is 315 g/mol. The SMILES string of the molecule is Cc1cc(-c2cc(Cl)ccc2F)nc(N)c1OCCCl. The van der Waals surface area contributed by atoms with E-state index in [0.29, 0.717) is 34.5 Å². The molecule has 3 nitrogen and oxygen atoms in total. The van der Waals surface area contributed by atoms with E-state index in [1.54, 1.807) is 6.07 Å². The summed E-state index contributed by atoms with van der Waals surface area (Å²) in [5, 5.41) is 0.432. The second-order valence-electron chi connectivity index (χ2n) is 4.20. The number of pyridine rings is 1. The molecule has 0 bridgehead atoms. The van der Waals surface area contributed by atoms with E-state index in [1.165, 1.54) is 18.2 Å². The number of alkyl halides is 1. The van der Waals surface area contributed by atoms with Crippen LogP contribution >= 0.6 is 23.2 Å². The number of hydrogen-bond acceptors (Lipinski definition) is 3. The lowest BCUT2D eigenvalue weighted by Crippen LogP contribution is -2.05. The van der Waals surface area contributed by atoms with Crippen molar-refractivity contribution in [2.75, 3.05) is 18.2 Å². The van der Waals surface area contributed by atoms with Gasteiger partial charge in [0.15, 0.2) is 11.6 Å². The number of aromatic nitrogens is 1. The van der Waals surface area contributed by atoms with Crippen LogP contribution in [-0.4, -0.2) is 17.5 Å². The maximum Gasteiger partial charge on any atom is 0.167 e. The number of ether oxygens (including phenoxy) is 1. The topological polar surface area (TPSA) is 48.1 Å². The fourth-order valence-corrected chi connectivity index (χ4v) is 2.09. The number of nitrogen functional groups attached to an aromatic ring is 1. The van der Waals surface area contributed by atoms with Crippen LogP contribution in [0.2, 0.25) is 5.02 Å². The van der Waals surface area contributed by atoms with E-state index >= 15 is 0 Å². The summed E-state index contributed by atoms with van der Waals surface area (Å²) in [6, 6.07) is 5.99. The zero-order valence-electron chi connectivity index (χ0n) is 10.8. The summed E-state index contributed by atoms with van der Waals surface area (Å²) in [7, 11) is 0. The van der Waals surface area contributed by atoms with Gasteiger partial charge in [0.1, 0.15) is 12.4 Å². The molecular formula is C14H13Cl2FN2O. The molecule has 0 aliphatic rings. The summed E-state index contributed by atoms with van der Waals surface area (Å²) in [6.07, 6.45) is 0. The van der Waals surface area contributed by atoms with Gasteiger partial charge in [-0.15, -0.1) is 11.6 Å². The van der Waals surface area contributed by atoms with E-state index in [9.17, 15) is 4.39 Å². The highest BCUT2D eigenvalue weighted by atomic mass is 35.5. The van der Waals surface area contributed by atoms with Crippen molar-refractivity contribution in [3.8, 4) is 17.0 Å². The van der Waals surface area contributed by atoms with Crippen LogP contribution in [0.3, 0.4) is 0 Å². The number of nitrogens with two attached hydrogens (primary N) is 1. The highest BCUT2D eigenvalue weighted by Crippen LogP contribution is 2.31. The van der Waals surface area contributed by atoms with Gasteiger partial charge in [0, 0.05) is 10.6 Å². The molecule has 1 heterocycles. The summed E-state index contributed by atoms with van der Waals surface area (Å²) in [4.78, 5) is 4.17. The van der Waals surface area contributed by atoms with Gasteiger partial charge >= 0.3 is 0 Å². The van der Waals surface area contributed by atoms with Crippen LogP contribution in [0.1, 0.15) is 5.56 Å².